The summed E-state index contributed by atoms with van der Waals surface area (Å²) in [4.78, 5) is 2.47. The van der Waals surface area contributed by atoms with Gasteiger partial charge in [-0.2, -0.15) is 0 Å². The van der Waals surface area contributed by atoms with Crippen LogP contribution in [0, 0.1) is 5.92 Å². The van der Waals surface area contributed by atoms with Crippen LogP contribution in [0.25, 0.3) is 0 Å². The molecule has 0 bridgehead atoms. The Labute approximate surface area is 101 Å². The number of likely N-dealkylation sites (N-methyl/N-ethyl adjacent to an activating group) is 1. The van der Waals surface area contributed by atoms with Crippen molar-refractivity contribution >= 4 is 0 Å². The van der Waals surface area contributed by atoms with Gasteiger partial charge in [0.25, 0.3) is 0 Å². The maximum absolute atomic E-state index is 3.64. The van der Waals surface area contributed by atoms with Crippen LogP contribution in [0.4, 0.5) is 0 Å². The van der Waals surface area contributed by atoms with E-state index in [1.807, 2.05) is 7.05 Å². The van der Waals surface area contributed by atoms with Crippen molar-refractivity contribution in [1.29, 1.82) is 0 Å². The van der Waals surface area contributed by atoms with Crippen LogP contribution in [0.2, 0.25) is 0 Å². The molecule has 0 saturated carbocycles. The van der Waals surface area contributed by atoms with Crippen LogP contribution >= 0.6 is 0 Å². The Morgan fingerprint density at radius 2 is 2.12 bits per heavy atom. The molecule has 1 rings (SSSR count). The van der Waals surface area contributed by atoms with E-state index in [2.05, 4.69) is 36.4 Å². The van der Waals surface area contributed by atoms with E-state index in [0.717, 1.165) is 19.0 Å². The molecule has 3 nitrogen and oxygen atoms in total. The van der Waals surface area contributed by atoms with Crippen LogP contribution in [0.5, 0.6) is 0 Å². The third-order valence-corrected chi connectivity index (χ3v) is 3.50. The quantitative estimate of drug-likeness (QED) is 0.716. The summed E-state index contributed by atoms with van der Waals surface area (Å²) in [5.41, 5.74) is 0.218. The van der Waals surface area contributed by atoms with Crippen LogP contribution in [0.15, 0.2) is 0 Å². The summed E-state index contributed by atoms with van der Waals surface area (Å²) in [6.07, 6.45) is 4.11. The second-order valence-corrected chi connectivity index (χ2v) is 5.90. The molecule has 1 aliphatic heterocycles. The molecule has 0 amide bonds. The van der Waals surface area contributed by atoms with Crippen molar-refractivity contribution in [3.63, 3.8) is 0 Å². The fourth-order valence-electron chi connectivity index (χ4n) is 2.63. The minimum absolute atomic E-state index is 0.218. The topological polar surface area (TPSA) is 27.3 Å². The van der Waals surface area contributed by atoms with Crippen molar-refractivity contribution in [3.8, 4) is 0 Å². The third kappa shape index (κ3) is 5.28. The Morgan fingerprint density at radius 1 is 1.38 bits per heavy atom. The summed E-state index contributed by atoms with van der Waals surface area (Å²) in [5, 5.41) is 6.87. The molecule has 0 spiro atoms. The van der Waals surface area contributed by atoms with E-state index in [0.29, 0.717) is 0 Å². The highest BCUT2D eigenvalue weighted by Crippen LogP contribution is 2.18. The van der Waals surface area contributed by atoms with Gasteiger partial charge in [-0.25, -0.2) is 0 Å². The minimum Gasteiger partial charge on any atom is -0.318 e. The third-order valence-electron chi connectivity index (χ3n) is 3.50. The van der Waals surface area contributed by atoms with Gasteiger partial charge >= 0.3 is 0 Å². The van der Waals surface area contributed by atoms with E-state index in [4.69, 9.17) is 0 Å². The van der Waals surface area contributed by atoms with Crippen molar-refractivity contribution in [1.82, 2.24) is 15.5 Å². The predicted molar refractivity (Wildman–Crippen MR) is 70.8 cm³/mol. The van der Waals surface area contributed by atoms with Gasteiger partial charge in [-0.3, -0.25) is 0 Å². The molecule has 2 N–H and O–H groups in total. The molecular formula is C13H29N3. The minimum atomic E-state index is 0.218. The fourth-order valence-corrected chi connectivity index (χ4v) is 2.63. The Kier molecular flexibility index (Phi) is 5.73. The second-order valence-electron chi connectivity index (χ2n) is 5.90. The number of nitrogens with one attached hydrogen (secondary N) is 2. The second kappa shape index (κ2) is 6.58. The molecule has 0 radical (unpaired) electrons. The highest BCUT2D eigenvalue weighted by Gasteiger charge is 2.19. The SMILES string of the molecule is CNCC(C)(C)NCCC1CCCN(C)C1. The molecule has 0 aromatic rings. The van der Waals surface area contributed by atoms with E-state index in [-0.39, 0.29) is 5.54 Å². The smallest absolute Gasteiger partial charge is 0.0249 e. The van der Waals surface area contributed by atoms with Gasteiger partial charge < -0.3 is 15.5 Å². The van der Waals surface area contributed by atoms with Crippen molar-refractivity contribution in [3.05, 3.63) is 0 Å². The maximum Gasteiger partial charge on any atom is 0.0249 e. The van der Waals surface area contributed by atoms with E-state index < -0.39 is 0 Å². The average Bonchev–Trinajstić information content (AvgIpc) is 2.17. The number of likely N-dealkylation sites (tertiary alicyclic amines) is 1. The first-order chi connectivity index (χ1) is 7.53. The normalized spacial score (nSPS) is 23.6. The van der Waals surface area contributed by atoms with Gasteiger partial charge in [0.05, 0.1) is 0 Å². The van der Waals surface area contributed by atoms with E-state index in [9.17, 15) is 0 Å². The zero-order valence-corrected chi connectivity index (χ0v) is 11.5. The van der Waals surface area contributed by atoms with Crippen LogP contribution in [0.3, 0.4) is 0 Å². The fraction of sp³-hybridized carbons (Fsp3) is 1.00. The molecule has 1 atom stereocenters. The first-order valence-corrected chi connectivity index (χ1v) is 6.62. The summed E-state index contributed by atoms with van der Waals surface area (Å²) in [7, 11) is 4.25. The van der Waals surface area contributed by atoms with Crippen molar-refractivity contribution in [2.45, 2.75) is 38.6 Å². The lowest BCUT2D eigenvalue weighted by Crippen LogP contribution is -2.47. The summed E-state index contributed by atoms with van der Waals surface area (Å²) >= 11 is 0. The number of hydrogen-bond donors (Lipinski definition) is 2. The van der Waals surface area contributed by atoms with Crippen molar-refractivity contribution in [2.24, 2.45) is 5.92 Å². The van der Waals surface area contributed by atoms with Gasteiger partial charge in [0.2, 0.25) is 0 Å². The van der Waals surface area contributed by atoms with Crippen molar-refractivity contribution < 1.29 is 0 Å². The Balaban J connectivity index is 2.14. The van der Waals surface area contributed by atoms with E-state index in [1.165, 1.54) is 32.4 Å². The van der Waals surface area contributed by atoms with Crippen LogP contribution in [0.1, 0.15) is 33.1 Å². The Hall–Kier alpha value is -0.120. The predicted octanol–water partition coefficient (Wildman–Crippen LogP) is 1.31. The zero-order valence-electron chi connectivity index (χ0n) is 11.5. The molecule has 0 aliphatic carbocycles. The average molecular weight is 227 g/mol. The molecule has 1 heterocycles. The van der Waals surface area contributed by atoms with Gasteiger partial charge in [-0.1, -0.05) is 0 Å². The summed E-state index contributed by atoms with van der Waals surface area (Å²) < 4.78 is 0. The van der Waals surface area contributed by atoms with Crippen molar-refractivity contribution in [2.75, 3.05) is 40.3 Å². The van der Waals surface area contributed by atoms with Gasteiger partial charge in [-0.15, -0.1) is 0 Å². The lowest BCUT2D eigenvalue weighted by Gasteiger charge is -2.31. The first kappa shape index (κ1) is 13.9. The van der Waals surface area contributed by atoms with E-state index >= 15 is 0 Å². The van der Waals surface area contributed by atoms with Gasteiger partial charge in [0.1, 0.15) is 0 Å². The highest BCUT2D eigenvalue weighted by atomic mass is 15.1. The summed E-state index contributed by atoms with van der Waals surface area (Å²) in [6.45, 7) is 9.26. The molecule has 0 aromatic carbocycles. The van der Waals surface area contributed by atoms with Crippen LogP contribution in [-0.2, 0) is 0 Å². The largest absolute Gasteiger partial charge is 0.318 e. The first-order valence-electron chi connectivity index (χ1n) is 6.62. The van der Waals surface area contributed by atoms with Gasteiger partial charge in [-0.05, 0) is 66.2 Å². The maximum atomic E-state index is 3.64. The molecule has 0 aromatic heterocycles. The number of nitrogens with zero attached hydrogens (tertiary/aromatic N) is 1. The molecular weight excluding hydrogens is 198 g/mol. The summed E-state index contributed by atoms with van der Waals surface area (Å²) in [5.74, 6) is 0.900. The highest BCUT2D eigenvalue weighted by molar-refractivity contribution is 4.80. The molecule has 1 saturated heterocycles. The molecule has 1 aliphatic rings. The Bertz CT molecular complexity index is 192. The molecule has 3 heteroatoms. The monoisotopic (exact) mass is 227 g/mol. The lowest BCUT2D eigenvalue weighted by molar-refractivity contribution is 0.197. The standard InChI is InChI=1S/C13H29N3/c1-13(2,11-14-3)15-8-7-12-6-5-9-16(4)10-12/h12,14-15H,5-11H2,1-4H3. The number of piperidine rings is 1. The Morgan fingerprint density at radius 3 is 2.75 bits per heavy atom. The van der Waals surface area contributed by atoms with Crippen LogP contribution in [-0.4, -0.2) is 50.7 Å². The number of hydrogen-bond acceptors (Lipinski definition) is 3. The van der Waals surface area contributed by atoms with E-state index in [1.54, 1.807) is 0 Å². The number of rotatable bonds is 6. The zero-order chi connectivity index (χ0) is 12.0. The summed E-state index contributed by atoms with van der Waals surface area (Å²) in [6, 6.07) is 0. The van der Waals surface area contributed by atoms with Gasteiger partial charge in [0.15, 0.2) is 0 Å². The van der Waals surface area contributed by atoms with Crippen LogP contribution < -0.4 is 10.6 Å². The molecule has 1 unspecified atom stereocenters. The lowest BCUT2D eigenvalue weighted by atomic mass is 9.94. The van der Waals surface area contributed by atoms with Gasteiger partial charge in [0, 0.05) is 18.6 Å². The molecule has 16 heavy (non-hydrogen) atoms. The molecule has 1 fully saturated rings. The molecule has 96 valence electrons.